The van der Waals surface area contributed by atoms with Crippen molar-refractivity contribution in [2.24, 2.45) is 5.41 Å². The van der Waals surface area contributed by atoms with Gasteiger partial charge < -0.3 is 9.62 Å². The molecule has 0 N–H and O–H groups in total. The van der Waals surface area contributed by atoms with Gasteiger partial charge in [-0.2, -0.15) is 4.89 Å². The van der Waals surface area contributed by atoms with Crippen molar-refractivity contribution in [2.75, 3.05) is 6.61 Å². The van der Waals surface area contributed by atoms with E-state index in [1.165, 1.54) is 0 Å². The normalized spacial score (nSPS) is 12.0. The maximum Gasteiger partial charge on any atom is 0.336 e. The molecule has 21 heavy (non-hydrogen) atoms. The van der Waals surface area contributed by atoms with Crippen molar-refractivity contribution in [1.29, 1.82) is 0 Å². The molecule has 1 aromatic carbocycles. The maximum absolute atomic E-state index is 11.7. The Labute approximate surface area is 126 Å². The number of ether oxygens (including phenoxy) is 1. The fourth-order valence-corrected chi connectivity index (χ4v) is 2.26. The molecule has 0 heterocycles. The summed E-state index contributed by atoms with van der Waals surface area (Å²) in [6, 6.07) is 8.84. The molecule has 5 nitrogen and oxygen atoms in total. The Hall–Kier alpha value is -1.59. The predicted octanol–water partition coefficient (Wildman–Crippen LogP) is 3.69. The number of carbonyl (C=O) groups excluding carboxylic acids is 1. The molecule has 0 aliphatic rings. The molecule has 5 heteroatoms. The second kappa shape index (κ2) is 7.43. The zero-order valence-corrected chi connectivity index (χ0v) is 13.3. The van der Waals surface area contributed by atoms with Crippen LogP contribution in [0.15, 0.2) is 30.3 Å². The van der Waals surface area contributed by atoms with Crippen LogP contribution in [0.2, 0.25) is 0 Å². The lowest BCUT2D eigenvalue weighted by molar-refractivity contribution is -0.462. The van der Waals surface area contributed by atoms with Crippen molar-refractivity contribution in [3.8, 4) is 5.75 Å². The van der Waals surface area contributed by atoms with Crippen LogP contribution in [0.5, 0.6) is 5.75 Å². The zero-order valence-electron chi connectivity index (χ0n) is 13.3. The largest absolute Gasteiger partial charge is 0.458 e. The highest BCUT2D eigenvalue weighted by Crippen LogP contribution is 2.29. The molecule has 0 radical (unpaired) electrons. The number of hydrogen-bond acceptors (Lipinski definition) is 5. The van der Waals surface area contributed by atoms with Crippen molar-refractivity contribution >= 4 is 5.97 Å². The lowest BCUT2D eigenvalue weighted by atomic mass is 9.84. The third-order valence-corrected chi connectivity index (χ3v) is 2.44. The van der Waals surface area contributed by atoms with Crippen LogP contribution >= 0.6 is 0 Å². The van der Waals surface area contributed by atoms with Gasteiger partial charge in [0.15, 0.2) is 12.4 Å². The van der Waals surface area contributed by atoms with E-state index in [2.05, 4.69) is 30.7 Å². The first kappa shape index (κ1) is 17.5. The number of para-hydroxylation sites is 1. The average molecular weight is 296 g/mol. The molecule has 0 spiro atoms. The molecule has 0 fully saturated rings. The van der Waals surface area contributed by atoms with Crippen LogP contribution < -0.4 is 4.89 Å². The van der Waals surface area contributed by atoms with E-state index in [9.17, 15) is 4.79 Å². The Bertz CT molecular complexity index is 434. The lowest BCUT2D eigenvalue weighted by Crippen LogP contribution is -2.34. The average Bonchev–Trinajstić information content (AvgIpc) is 2.32. The van der Waals surface area contributed by atoms with Gasteiger partial charge in [-0.1, -0.05) is 39.0 Å². The van der Waals surface area contributed by atoms with Gasteiger partial charge in [0, 0.05) is 0 Å². The van der Waals surface area contributed by atoms with Crippen LogP contribution in [0, 0.1) is 5.41 Å². The fourth-order valence-electron chi connectivity index (χ4n) is 2.26. The van der Waals surface area contributed by atoms with Crippen LogP contribution in [0.4, 0.5) is 0 Å². The Morgan fingerprint density at radius 2 is 1.67 bits per heavy atom. The van der Waals surface area contributed by atoms with Gasteiger partial charge in [0.05, 0.1) is 0 Å². The molecule has 0 bridgehead atoms. The van der Waals surface area contributed by atoms with E-state index in [-0.39, 0.29) is 12.0 Å². The van der Waals surface area contributed by atoms with Crippen molar-refractivity contribution in [1.82, 2.24) is 0 Å². The van der Waals surface area contributed by atoms with Crippen LogP contribution in [-0.4, -0.2) is 18.2 Å². The summed E-state index contributed by atoms with van der Waals surface area (Å²) in [6.07, 6.45) is 0.743. The van der Waals surface area contributed by atoms with E-state index in [1.807, 2.05) is 19.9 Å². The molecule has 0 saturated carbocycles. The number of rotatable bonds is 7. The Balaban J connectivity index is 2.25. The molecule has 1 aromatic rings. The summed E-state index contributed by atoms with van der Waals surface area (Å²) in [4.78, 5) is 21.2. The van der Waals surface area contributed by atoms with E-state index in [1.54, 1.807) is 24.3 Å². The first-order chi connectivity index (χ1) is 9.68. The lowest BCUT2D eigenvalue weighted by Gasteiger charge is -2.31. The van der Waals surface area contributed by atoms with Crippen molar-refractivity contribution in [3.63, 3.8) is 0 Å². The van der Waals surface area contributed by atoms with Crippen molar-refractivity contribution < 1.29 is 24.3 Å². The first-order valence-electron chi connectivity index (χ1n) is 6.91. The number of carbonyl (C=O) groups is 1. The summed E-state index contributed by atoms with van der Waals surface area (Å²) in [6.45, 7) is 9.69. The highest BCUT2D eigenvalue weighted by molar-refractivity contribution is 5.71. The Morgan fingerprint density at radius 1 is 1.05 bits per heavy atom. The van der Waals surface area contributed by atoms with Gasteiger partial charge >= 0.3 is 5.97 Å². The summed E-state index contributed by atoms with van der Waals surface area (Å²) in [5, 5.41) is 4.50. The summed E-state index contributed by atoms with van der Waals surface area (Å²) in [7, 11) is 0. The molecule has 0 aliphatic heterocycles. The summed E-state index contributed by atoms with van der Waals surface area (Å²) in [5.74, 6) is -0.0140. The van der Waals surface area contributed by atoms with Gasteiger partial charge in [0.1, 0.15) is 5.60 Å². The molecule has 1 rings (SSSR count). The first-order valence-corrected chi connectivity index (χ1v) is 6.91. The molecular formula is C16H24O5. The molecule has 0 unspecified atom stereocenters. The monoisotopic (exact) mass is 296 g/mol. The van der Waals surface area contributed by atoms with Gasteiger partial charge in [-0.15, -0.1) is 0 Å². The smallest absolute Gasteiger partial charge is 0.336 e. The SMILES string of the molecule is CC(C)(C)CC(C)(C)OC(=O)COOOc1ccccc1. The third-order valence-electron chi connectivity index (χ3n) is 2.44. The van der Waals surface area contributed by atoms with Crippen LogP contribution in [0.25, 0.3) is 0 Å². The highest BCUT2D eigenvalue weighted by Gasteiger charge is 2.29. The minimum absolute atomic E-state index is 0.0670. The zero-order chi connectivity index (χ0) is 15.9. The van der Waals surface area contributed by atoms with Crippen molar-refractivity contribution in [2.45, 2.75) is 46.6 Å². The fraction of sp³-hybridized carbons (Fsp3) is 0.562. The molecule has 0 aromatic heterocycles. The van der Waals surface area contributed by atoms with E-state index in [0.29, 0.717) is 5.75 Å². The molecule has 0 aliphatic carbocycles. The van der Waals surface area contributed by atoms with E-state index < -0.39 is 11.6 Å². The Kier molecular flexibility index (Phi) is 6.18. The van der Waals surface area contributed by atoms with E-state index >= 15 is 0 Å². The van der Waals surface area contributed by atoms with Gasteiger partial charge in [-0.25, -0.2) is 4.79 Å². The number of esters is 1. The molecule has 0 atom stereocenters. The van der Waals surface area contributed by atoms with Gasteiger partial charge in [0.25, 0.3) is 0 Å². The van der Waals surface area contributed by atoms with E-state index in [4.69, 9.17) is 9.62 Å². The van der Waals surface area contributed by atoms with E-state index in [0.717, 1.165) is 6.42 Å². The predicted molar refractivity (Wildman–Crippen MR) is 78.4 cm³/mol. The molecule has 118 valence electrons. The second-order valence-corrected chi connectivity index (χ2v) is 6.70. The minimum atomic E-state index is -0.557. The summed E-state index contributed by atoms with van der Waals surface area (Å²) >= 11 is 0. The number of hydrogen-bond donors (Lipinski definition) is 0. The summed E-state index contributed by atoms with van der Waals surface area (Å²) in [5.41, 5.74) is -0.490. The van der Waals surface area contributed by atoms with Gasteiger partial charge in [-0.05, 0) is 42.9 Å². The number of benzene rings is 1. The topological polar surface area (TPSA) is 54.0 Å². The maximum atomic E-state index is 11.7. The highest BCUT2D eigenvalue weighted by atomic mass is 17.5. The minimum Gasteiger partial charge on any atom is -0.458 e. The second-order valence-electron chi connectivity index (χ2n) is 6.70. The van der Waals surface area contributed by atoms with Gasteiger partial charge in [-0.3, -0.25) is 0 Å². The van der Waals surface area contributed by atoms with Gasteiger partial charge in [0.2, 0.25) is 0 Å². The third kappa shape index (κ3) is 8.32. The van der Waals surface area contributed by atoms with Crippen molar-refractivity contribution in [3.05, 3.63) is 30.3 Å². The Morgan fingerprint density at radius 3 is 2.24 bits per heavy atom. The molecule has 0 amide bonds. The van der Waals surface area contributed by atoms with Crippen LogP contribution in [0.3, 0.4) is 0 Å². The molecular weight excluding hydrogens is 272 g/mol. The van der Waals surface area contributed by atoms with Crippen LogP contribution in [0.1, 0.15) is 41.0 Å². The summed E-state index contributed by atoms with van der Waals surface area (Å²) < 4.78 is 5.37. The quantitative estimate of drug-likeness (QED) is 0.332. The standard InChI is InChI=1S/C16H24O5/c1-15(2,3)12-16(4,5)19-14(17)11-18-21-20-13-9-7-6-8-10-13/h6-10H,11-12H2,1-5H3. The van der Waals surface area contributed by atoms with Crippen LogP contribution in [-0.2, 0) is 19.5 Å². The molecule has 0 saturated heterocycles.